The van der Waals surface area contributed by atoms with Gasteiger partial charge in [0.2, 0.25) is 5.91 Å². The highest BCUT2D eigenvalue weighted by Crippen LogP contribution is 2.26. The van der Waals surface area contributed by atoms with Crippen LogP contribution in [0.3, 0.4) is 0 Å². The first kappa shape index (κ1) is 16.1. The number of carbonyl (C=O) groups excluding carboxylic acids is 2. The summed E-state index contributed by atoms with van der Waals surface area (Å²) in [4.78, 5) is 21.6. The summed E-state index contributed by atoms with van der Waals surface area (Å²) in [7, 11) is 0. The molecule has 0 saturated carbocycles. The van der Waals surface area contributed by atoms with E-state index in [0.717, 1.165) is 0 Å². The first-order valence-corrected chi connectivity index (χ1v) is 6.96. The van der Waals surface area contributed by atoms with Gasteiger partial charge >= 0.3 is 6.03 Å². The van der Waals surface area contributed by atoms with Gasteiger partial charge in [0.1, 0.15) is 4.32 Å². The lowest BCUT2D eigenvalue weighted by molar-refractivity contribution is -0.122. The lowest BCUT2D eigenvalue weighted by atomic mass is 10.0. The van der Waals surface area contributed by atoms with Crippen LogP contribution < -0.4 is 11.1 Å². The van der Waals surface area contributed by atoms with E-state index in [-0.39, 0.29) is 5.91 Å². The van der Waals surface area contributed by atoms with Gasteiger partial charge < -0.3 is 5.73 Å². The molecule has 0 atom stereocenters. The average molecular weight is 321 g/mol. The van der Waals surface area contributed by atoms with E-state index in [9.17, 15) is 9.59 Å². The number of nitrogens with two attached hydrogens (primary N) is 1. The van der Waals surface area contributed by atoms with Crippen molar-refractivity contribution in [1.82, 2.24) is 5.32 Å². The number of carbonyl (C=O) groups is 2. The second-order valence-corrected chi connectivity index (χ2v) is 5.62. The zero-order chi connectivity index (χ0) is 13.3. The van der Waals surface area contributed by atoms with E-state index >= 15 is 0 Å². The Kier molecular flexibility index (Phi) is 7.82. The third-order valence-corrected chi connectivity index (χ3v) is 4.30. The van der Waals surface area contributed by atoms with Gasteiger partial charge in [0, 0.05) is 0 Å². The minimum Gasteiger partial charge on any atom is -0.351 e. The quantitative estimate of drug-likeness (QED) is 0.840. The molecule has 0 unspecified atom stereocenters. The summed E-state index contributed by atoms with van der Waals surface area (Å²) in [5.41, 5.74) is 4.81. The summed E-state index contributed by atoms with van der Waals surface area (Å²) in [5, 5.41) is 6.12. The van der Waals surface area contributed by atoms with Crippen molar-refractivity contribution in [2.24, 2.45) is 5.73 Å². The van der Waals surface area contributed by atoms with Crippen LogP contribution in [-0.4, -0.2) is 16.3 Å². The molecule has 96 valence electrons. The smallest absolute Gasteiger partial charge is 0.318 e. The molecule has 17 heavy (non-hydrogen) atoms. The Labute approximate surface area is 114 Å². The number of amides is 3. The van der Waals surface area contributed by atoms with Gasteiger partial charge in [-0.2, -0.15) is 11.3 Å². The Bertz CT molecular complexity index is 320. The van der Waals surface area contributed by atoms with Crippen molar-refractivity contribution >= 4 is 39.2 Å². The number of imide groups is 1. The zero-order valence-electron chi connectivity index (χ0n) is 9.90. The number of urea groups is 1. The van der Waals surface area contributed by atoms with Crippen molar-refractivity contribution in [2.45, 2.75) is 31.0 Å². The Morgan fingerprint density at radius 2 is 1.76 bits per heavy atom. The first-order chi connectivity index (χ1) is 7.96. The molecular formula is C11H17BrN2O2S. The highest BCUT2D eigenvalue weighted by molar-refractivity contribution is 9.10. The largest absolute Gasteiger partial charge is 0.351 e. The van der Waals surface area contributed by atoms with Gasteiger partial charge in [-0.25, -0.2) is 4.79 Å². The molecule has 6 heteroatoms. The average Bonchev–Trinajstić information content (AvgIpc) is 2.85. The third-order valence-electron chi connectivity index (χ3n) is 2.19. The second kappa shape index (κ2) is 8.25. The van der Waals surface area contributed by atoms with Crippen molar-refractivity contribution in [3.8, 4) is 0 Å². The van der Waals surface area contributed by atoms with E-state index in [0.29, 0.717) is 12.8 Å². The summed E-state index contributed by atoms with van der Waals surface area (Å²) in [6.45, 7) is 3.72. The van der Waals surface area contributed by atoms with Crippen molar-refractivity contribution in [2.75, 3.05) is 0 Å². The van der Waals surface area contributed by atoms with Crippen molar-refractivity contribution in [3.05, 3.63) is 22.9 Å². The van der Waals surface area contributed by atoms with Gasteiger partial charge in [0.15, 0.2) is 0 Å². The highest BCUT2D eigenvalue weighted by atomic mass is 79.9. The molecule has 0 aliphatic carbocycles. The van der Waals surface area contributed by atoms with Gasteiger partial charge in [-0.1, -0.05) is 41.9 Å². The molecule has 0 bridgehead atoms. The molecule has 1 aromatic heterocycles. The SMILES string of the molecule is CCC(Br)(CC)C(=O)NC(N)=O.c1ccsc1. The summed E-state index contributed by atoms with van der Waals surface area (Å²) in [6.07, 6.45) is 1.23. The molecule has 0 radical (unpaired) electrons. The fourth-order valence-corrected chi connectivity index (χ4v) is 1.57. The molecule has 0 aromatic carbocycles. The first-order valence-electron chi connectivity index (χ1n) is 5.23. The highest BCUT2D eigenvalue weighted by Gasteiger charge is 2.32. The monoisotopic (exact) mass is 320 g/mol. The van der Waals surface area contributed by atoms with E-state index in [1.807, 2.05) is 42.1 Å². The maximum absolute atomic E-state index is 11.3. The molecule has 0 aliphatic rings. The standard InChI is InChI=1S/C7H13BrN2O2.C4H4S/c1-3-7(8,4-2)5(11)10-6(9)12;1-2-4-5-3-1/h3-4H2,1-2H3,(H3,9,10,11,12);1-4H. The number of hydrogen-bond acceptors (Lipinski definition) is 3. The molecule has 4 nitrogen and oxygen atoms in total. The number of primary amides is 1. The number of nitrogens with one attached hydrogen (secondary N) is 1. The van der Waals surface area contributed by atoms with Crippen molar-refractivity contribution < 1.29 is 9.59 Å². The summed E-state index contributed by atoms with van der Waals surface area (Å²) in [6, 6.07) is 3.22. The minimum atomic E-state index is -0.814. The minimum absolute atomic E-state index is 0.375. The van der Waals surface area contributed by atoms with Crippen LogP contribution in [0.5, 0.6) is 0 Å². The maximum Gasteiger partial charge on any atom is 0.318 e. The van der Waals surface area contributed by atoms with E-state index in [1.165, 1.54) is 0 Å². The van der Waals surface area contributed by atoms with Crippen LogP contribution in [0.4, 0.5) is 4.79 Å². The fraction of sp³-hybridized carbons (Fsp3) is 0.455. The topological polar surface area (TPSA) is 72.2 Å². The maximum atomic E-state index is 11.3. The van der Waals surface area contributed by atoms with Crippen LogP contribution in [0, 0.1) is 0 Å². The second-order valence-electron chi connectivity index (χ2n) is 3.28. The van der Waals surface area contributed by atoms with E-state index in [1.54, 1.807) is 11.3 Å². The number of rotatable bonds is 3. The molecule has 1 aromatic rings. The van der Waals surface area contributed by atoms with E-state index in [2.05, 4.69) is 15.9 Å². The molecule has 0 saturated heterocycles. The van der Waals surface area contributed by atoms with Crippen LogP contribution in [0.15, 0.2) is 22.9 Å². The molecular weight excluding hydrogens is 304 g/mol. The van der Waals surface area contributed by atoms with Crippen LogP contribution in [0.1, 0.15) is 26.7 Å². The summed E-state index contributed by atoms with van der Waals surface area (Å²) in [5.74, 6) is -0.375. The van der Waals surface area contributed by atoms with Crippen molar-refractivity contribution in [1.29, 1.82) is 0 Å². The molecule has 0 aliphatic heterocycles. The molecule has 1 rings (SSSR count). The van der Waals surface area contributed by atoms with Crippen LogP contribution >= 0.6 is 27.3 Å². The third kappa shape index (κ3) is 6.43. The van der Waals surface area contributed by atoms with Crippen LogP contribution in [0.25, 0.3) is 0 Å². The van der Waals surface area contributed by atoms with E-state index in [4.69, 9.17) is 5.73 Å². The number of hydrogen-bond donors (Lipinski definition) is 2. The van der Waals surface area contributed by atoms with Crippen molar-refractivity contribution in [3.63, 3.8) is 0 Å². The van der Waals surface area contributed by atoms with Gasteiger partial charge in [-0.15, -0.1) is 0 Å². The lowest BCUT2D eigenvalue weighted by Crippen LogP contribution is -2.46. The van der Waals surface area contributed by atoms with Crippen LogP contribution in [0.2, 0.25) is 0 Å². The Balaban J connectivity index is 0.000000419. The normalized spacial score (nSPS) is 10.1. The van der Waals surface area contributed by atoms with Gasteiger partial charge in [-0.05, 0) is 23.6 Å². The van der Waals surface area contributed by atoms with Gasteiger partial charge in [-0.3, -0.25) is 10.1 Å². The van der Waals surface area contributed by atoms with Gasteiger partial charge in [0.25, 0.3) is 0 Å². The molecule has 3 amide bonds. The van der Waals surface area contributed by atoms with Gasteiger partial charge in [0.05, 0.1) is 0 Å². The predicted molar refractivity (Wildman–Crippen MR) is 74.3 cm³/mol. The van der Waals surface area contributed by atoms with E-state index < -0.39 is 10.4 Å². The van der Waals surface area contributed by atoms with Crippen LogP contribution in [-0.2, 0) is 4.79 Å². The predicted octanol–water partition coefficient (Wildman–Crippen LogP) is 2.88. The number of thiophene rings is 1. The molecule has 0 spiro atoms. The number of alkyl halides is 1. The number of halogens is 1. The Morgan fingerprint density at radius 3 is 2.00 bits per heavy atom. The fourth-order valence-electron chi connectivity index (χ4n) is 1.02. The summed E-state index contributed by atoms with van der Waals surface area (Å²) >= 11 is 4.97. The Morgan fingerprint density at radius 1 is 1.29 bits per heavy atom. The summed E-state index contributed by atoms with van der Waals surface area (Å²) < 4.78 is -0.665. The Hall–Kier alpha value is -0.880. The zero-order valence-corrected chi connectivity index (χ0v) is 12.3. The molecule has 3 N–H and O–H groups in total. The lowest BCUT2D eigenvalue weighted by Gasteiger charge is -2.21. The molecule has 0 fully saturated rings. The molecule has 1 heterocycles.